The highest BCUT2D eigenvalue weighted by molar-refractivity contribution is 6.42. The molecule has 0 saturated carbocycles. The predicted octanol–water partition coefficient (Wildman–Crippen LogP) is 6.25. The third-order valence-corrected chi connectivity index (χ3v) is 5.38. The van der Waals surface area contributed by atoms with Crippen LogP contribution in [0.2, 0.25) is 10.0 Å². The first-order valence-electron chi connectivity index (χ1n) is 8.78. The molecule has 0 aliphatic rings. The number of aryl methyl sites for hydroxylation is 1. The largest absolute Gasteiger partial charge is 0.275 e. The zero-order valence-electron chi connectivity index (χ0n) is 14.9. The van der Waals surface area contributed by atoms with Crippen molar-refractivity contribution in [2.24, 2.45) is 0 Å². The summed E-state index contributed by atoms with van der Waals surface area (Å²) in [6.45, 7) is 2.06. The van der Waals surface area contributed by atoms with E-state index in [4.69, 9.17) is 38.2 Å². The molecule has 5 aromatic rings. The van der Waals surface area contributed by atoms with E-state index in [1.165, 1.54) is 5.56 Å². The molecule has 2 heterocycles. The first kappa shape index (κ1) is 17.2. The van der Waals surface area contributed by atoms with Gasteiger partial charge in [-0.15, -0.1) is 0 Å². The molecule has 6 heteroatoms. The molecular weight excluding hydrogens is 391 g/mol. The zero-order valence-corrected chi connectivity index (χ0v) is 16.4. The van der Waals surface area contributed by atoms with Gasteiger partial charge >= 0.3 is 0 Å². The van der Waals surface area contributed by atoms with Crippen LogP contribution in [0, 0.1) is 6.92 Å². The Kier molecular flexibility index (Phi) is 4.04. The van der Waals surface area contributed by atoms with Gasteiger partial charge in [0.1, 0.15) is 5.82 Å². The summed E-state index contributed by atoms with van der Waals surface area (Å²) < 4.78 is 1.97. The molecule has 0 N–H and O–H groups in total. The van der Waals surface area contributed by atoms with Crippen molar-refractivity contribution in [2.45, 2.75) is 6.92 Å². The van der Waals surface area contributed by atoms with Crippen molar-refractivity contribution in [3.8, 4) is 17.1 Å². The average Bonchev–Trinajstić information content (AvgIpc) is 3.07. The van der Waals surface area contributed by atoms with Crippen LogP contribution in [0.25, 0.3) is 39.4 Å². The van der Waals surface area contributed by atoms with Crippen LogP contribution in [0.3, 0.4) is 0 Å². The van der Waals surface area contributed by atoms with E-state index < -0.39 is 0 Å². The molecule has 5 rings (SSSR count). The van der Waals surface area contributed by atoms with Crippen LogP contribution in [0.1, 0.15) is 5.56 Å². The first-order chi connectivity index (χ1) is 13.6. The predicted molar refractivity (Wildman–Crippen MR) is 114 cm³/mol. The maximum atomic E-state index is 6.29. The molecule has 0 unspecified atom stereocenters. The van der Waals surface area contributed by atoms with E-state index in [0.717, 1.165) is 28.1 Å². The topological polar surface area (TPSA) is 43.6 Å². The van der Waals surface area contributed by atoms with Crippen LogP contribution in [-0.4, -0.2) is 19.5 Å². The molecule has 0 aliphatic carbocycles. The highest BCUT2D eigenvalue weighted by Gasteiger charge is 2.18. The number of hydrogen-bond acceptors (Lipinski definition) is 3. The van der Waals surface area contributed by atoms with Gasteiger partial charge in [0.15, 0.2) is 11.3 Å². The number of halogens is 2. The quantitative estimate of drug-likeness (QED) is 0.349. The number of benzene rings is 3. The molecule has 0 saturated heterocycles. The maximum absolute atomic E-state index is 6.29. The van der Waals surface area contributed by atoms with Crippen LogP contribution in [0.15, 0.2) is 66.7 Å². The van der Waals surface area contributed by atoms with Gasteiger partial charge in [0.25, 0.3) is 0 Å². The lowest BCUT2D eigenvalue weighted by Crippen LogP contribution is -1.99. The molecule has 0 amide bonds. The fourth-order valence-electron chi connectivity index (χ4n) is 3.22. The second-order valence-corrected chi connectivity index (χ2v) is 7.41. The summed E-state index contributed by atoms with van der Waals surface area (Å²) in [6, 6.07) is 21.5. The van der Waals surface area contributed by atoms with Crippen LogP contribution >= 0.6 is 23.2 Å². The van der Waals surface area contributed by atoms with Crippen molar-refractivity contribution in [1.82, 2.24) is 19.5 Å². The van der Waals surface area contributed by atoms with E-state index in [1.807, 2.05) is 53.1 Å². The fraction of sp³-hybridized carbons (Fsp3) is 0.0455. The van der Waals surface area contributed by atoms with Crippen LogP contribution in [-0.2, 0) is 0 Å². The third-order valence-electron chi connectivity index (χ3n) is 4.64. The van der Waals surface area contributed by atoms with Crippen molar-refractivity contribution in [3.63, 3.8) is 0 Å². The van der Waals surface area contributed by atoms with Crippen molar-refractivity contribution in [3.05, 3.63) is 82.3 Å². The molecule has 3 aromatic carbocycles. The summed E-state index contributed by atoms with van der Waals surface area (Å²) in [7, 11) is 0. The Morgan fingerprint density at radius 3 is 2.18 bits per heavy atom. The molecule has 2 aromatic heterocycles. The van der Waals surface area contributed by atoms with E-state index >= 15 is 0 Å². The first-order valence-corrected chi connectivity index (χ1v) is 9.53. The van der Waals surface area contributed by atoms with Gasteiger partial charge in [-0.25, -0.2) is 15.0 Å². The van der Waals surface area contributed by atoms with Gasteiger partial charge in [-0.2, -0.15) is 0 Å². The molecule has 28 heavy (non-hydrogen) atoms. The Labute approximate surface area is 171 Å². The number of aromatic nitrogens is 4. The van der Waals surface area contributed by atoms with Gasteiger partial charge in [-0.3, -0.25) is 4.57 Å². The summed E-state index contributed by atoms with van der Waals surface area (Å²) in [6.07, 6.45) is 0. The third kappa shape index (κ3) is 2.82. The van der Waals surface area contributed by atoms with Crippen molar-refractivity contribution < 1.29 is 0 Å². The number of fused-ring (bicyclic) bond motifs is 2. The summed E-state index contributed by atoms with van der Waals surface area (Å²) >= 11 is 12.4. The van der Waals surface area contributed by atoms with Crippen molar-refractivity contribution in [2.75, 3.05) is 0 Å². The van der Waals surface area contributed by atoms with Gasteiger partial charge in [0.2, 0.25) is 0 Å². The van der Waals surface area contributed by atoms with Crippen molar-refractivity contribution >= 4 is 45.5 Å². The molecule has 0 fully saturated rings. The smallest absolute Gasteiger partial charge is 0.199 e. The normalized spacial score (nSPS) is 11.4. The minimum Gasteiger partial charge on any atom is -0.275 e. The Morgan fingerprint density at radius 1 is 0.750 bits per heavy atom. The monoisotopic (exact) mass is 404 g/mol. The number of hydrogen-bond donors (Lipinski definition) is 0. The van der Waals surface area contributed by atoms with E-state index in [-0.39, 0.29) is 0 Å². The van der Waals surface area contributed by atoms with Crippen LogP contribution < -0.4 is 0 Å². The highest BCUT2D eigenvalue weighted by atomic mass is 35.5. The standard InChI is InChI=1S/C22H14Cl2N4/c1-13-6-8-14(9-7-13)21-27-20-22(26-19-5-3-2-4-18(19)25-20)28(21)15-10-11-16(23)17(24)12-15/h2-12H,1H3. The van der Waals surface area contributed by atoms with Crippen LogP contribution in [0.4, 0.5) is 0 Å². The van der Waals surface area contributed by atoms with Gasteiger partial charge in [-0.1, -0.05) is 65.2 Å². The lowest BCUT2D eigenvalue weighted by Gasteiger charge is -2.10. The van der Waals surface area contributed by atoms with E-state index in [2.05, 4.69) is 19.1 Å². The Morgan fingerprint density at radius 2 is 1.46 bits per heavy atom. The lowest BCUT2D eigenvalue weighted by atomic mass is 10.1. The van der Waals surface area contributed by atoms with Gasteiger partial charge in [0.05, 0.1) is 26.8 Å². The summed E-state index contributed by atoms with van der Waals surface area (Å²) in [5.41, 5.74) is 5.87. The minimum absolute atomic E-state index is 0.477. The fourth-order valence-corrected chi connectivity index (χ4v) is 3.51. The summed E-state index contributed by atoms with van der Waals surface area (Å²) in [4.78, 5) is 14.4. The number of imidazole rings is 1. The number of para-hydroxylation sites is 2. The lowest BCUT2D eigenvalue weighted by molar-refractivity contribution is 1.08. The Bertz CT molecular complexity index is 1340. The van der Waals surface area contributed by atoms with Gasteiger partial charge < -0.3 is 0 Å². The average molecular weight is 405 g/mol. The summed E-state index contributed by atoms with van der Waals surface area (Å²) in [5, 5.41) is 0.980. The second-order valence-electron chi connectivity index (χ2n) is 6.59. The molecule has 136 valence electrons. The Balaban J connectivity index is 1.87. The molecule has 0 spiro atoms. The van der Waals surface area contributed by atoms with E-state index in [1.54, 1.807) is 6.07 Å². The number of nitrogens with zero attached hydrogens (tertiary/aromatic N) is 4. The van der Waals surface area contributed by atoms with Crippen molar-refractivity contribution in [1.29, 1.82) is 0 Å². The molecular formula is C22H14Cl2N4. The maximum Gasteiger partial charge on any atom is 0.199 e. The SMILES string of the molecule is Cc1ccc(-c2nc3nc4ccccc4nc3n2-c2ccc(Cl)c(Cl)c2)cc1. The van der Waals surface area contributed by atoms with Gasteiger partial charge in [0, 0.05) is 5.56 Å². The summed E-state index contributed by atoms with van der Waals surface area (Å²) in [5.74, 6) is 0.753. The van der Waals surface area contributed by atoms with Gasteiger partial charge in [-0.05, 0) is 37.3 Å². The second kappa shape index (κ2) is 6.59. The molecule has 0 atom stereocenters. The number of rotatable bonds is 2. The van der Waals surface area contributed by atoms with E-state index in [9.17, 15) is 0 Å². The molecule has 0 aliphatic heterocycles. The minimum atomic E-state index is 0.477. The van der Waals surface area contributed by atoms with E-state index in [0.29, 0.717) is 21.3 Å². The molecule has 0 bridgehead atoms. The highest BCUT2D eigenvalue weighted by Crippen LogP contribution is 2.31. The van der Waals surface area contributed by atoms with Crippen LogP contribution in [0.5, 0.6) is 0 Å². The molecule has 4 nitrogen and oxygen atoms in total. The molecule has 0 radical (unpaired) electrons. The zero-order chi connectivity index (χ0) is 19.3. The Hall–Kier alpha value is -2.95.